The lowest BCUT2D eigenvalue weighted by Gasteiger charge is -2.32. The van der Waals surface area contributed by atoms with Crippen LogP contribution in [0.5, 0.6) is 0 Å². The highest BCUT2D eigenvalue weighted by molar-refractivity contribution is 5.96. The minimum atomic E-state index is -1.44. The van der Waals surface area contributed by atoms with Crippen LogP contribution in [0.1, 0.15) is 81.9 Å². The number of carboxylic acid groups (broad SMARTS) is 1. The van der Waals surface area contributed by atoms with Gasteiger partial charge in [0.25, 0.3) is 5.91 Å². The van der Waals surface area contributed by atoms with E-state index in [1.54, 1.807) is 41.3 Å². The zero-order valence-corrected chi connectivity index (χ0v) is 28.8. The van der Waals surface area contributed by atoms with Crippen molar-refractivity contribution >= 4 is 29.7 Å². The molecule has 0 spiro atoms. The van der Waals surface area contributed by atoms with Crippen molar-refractivity contribution in [2.75, 3.05) is 19.6 Å². The SMILES string of the molecule is Cc1cc(C(=O)N2C[C@H]3CN4C(=O)[C@H](CC(=O)OC(C)(C)C)CCCCC/C=C\[C@@H]5C[C@@]5(C(=O)O)NC(=O)[C@@H]4[C@H]3C2)nn1-c1ccccc1. The van der Waals surface area contributed by atoms with Gasteiger partial charge in [-0.3, -0.25) is 19.2 Å². The van der Waals surface area contributed by atoms with E-state index in [0.29, 0.717) is 13.0 Å². The molecule has 6 rings (SSSR count). The summed E-state index contributed by atoms with van der Waals surface area (Å²) in [4.78, 5) is 71.2. The minimum absolute atomic E-state index is 0.106. The zero-order valence-electron chi connectivity index (χ0n) is 28.8. The average Bonchev–Trinajstić information content (AvgIpc) is 3.30. The van der Waals surface area contributed by atoms with Crippen molar-refractivity contribution in [3.63, 3.8) is 0 Å². The molecule has 3 amide bonds. The number of aromatic nitrogens is 2. The summed E-state index contributed by atoms with van der Waals surface area (Å²) < 4.78 is 7.30. The molecule has 12 heteroatoms. The van der Waals surface area contributed by atoms with Crippen molar-refractivity contribution in [2.45, 2.75) is 89.8 Å². The average molecular weight is 674 g/mol. The predicted molar refractivity (Wildman–Crippen MR) is 179 cm³/mol. The lowest BCUT2D eigenvalue weighted by molar-refractivity contribution is -0.159. The summed E-state index contributed by atoms with van der Waals surface area (Å²) in [5.41, 5.74) is -0.228. The third-order valence-corrected chi connectivity index (χ3v) is 10.3. The topological polar surface area (TPSA) is 151 Å². The van der Waals surface area contributed by atoms with Crippen molar-refractivity contribution in [2.24, 2.45) is 23.7 Å². The molecule has 2 saturated heterocycles. The Morgan fingerprint density at radius 3 is 2.53 bits per heavy atom. The van der Waals surface area contributed by atoms with Crippen molar-refractivity contribution in [1.82, 2.24) is 24.9 Å². The quantitative estimate of drug-likeness (QED) is 0.358. The summed E-state index contributed by atoms with van der Waals surface area (Å²) in [6.07, 6.45) is 7.69. The van der Waals surface area contributed by atoms with Crippen molar-refractivity contribution in [3.05, 3.63) is 59.9 Å². The molecular formula is C37H47N5O7. The molecule has 2 aromatic rings. The van der Waals surface area contributed by atoms with Gasteiger partial charge in [-0.2, -0.15) is 5.10 Å². The number of nitrogens with one attached hydrogen (secondary N) is 1. The number of aliphatic carboxylic acids is 1. The Bertz CT molecular complexity index is 1650. The molecule has 2 N–H and O–H groups in total. The largest absolute Gasteiger partial charge is 0.479 e. The maximum atomic E-state index is 14.4. The van der Waals surface area contributed by atoms with E-state index in [-0.39, 0.29) is 55.3 Å². The first-order chi connectivity index (χ1) is 23.3. The van der Waals surface area contributed by atoms with Gasteiger partial charge in [-0.15, -0.1) is 0 Å². The summed E-state index contributed by atoms with van der Waals surface area (Å²) in [5, 5.41) is 17.7. The number of carbonyl (C=O) groups excluding carboxylic acids is 4. The van der Waals surface area contributed by atoms with Crippen LogP contribution < -0.4 is 5.32 Å². The molecule has 1 aliphatic carbocycles. The second-order valence-corrected chi connectivity index (χ2v) is 15.1. The van der Waals surface area contributed by atoms with Crippen LogP contribution in [0.4, 0.5) is 0 Å². The first kappa shape index (κ1) is 34.4. The van der Waals surface area contributed by atoms with Crippen LogP contribution in [0.2, 0.25) is 0 Å². The summed E-state index contributed by atoms with van der Waals surface area (Å²) in [5.74, 6) is -4.34. The number of aryl methyl sites for hydroxylation is 1. The van der Waals surface area contributed by atoms with Gasteiger partial charge in [-0.05, 0) is 71.6 Å². The van der Waals surface area contributed by atoms with E-state index in [2.05, 4.69) is 10.4 Å². The molecule has 3 fully saturated rings. The van der Waals surface area contributed by atoms with Crippen molar-refractivity contribution < 1.29 is 33.8 Å². The molecule has 0 unspecified atom stereocenters. The van der Waals surface area contributed by atoms with Crippen LogP contribution in [0.3, 0.4) is 0 Å². The second-order valence-electron chi connectivity index (χ2n) is 15.1. The summed E-state index contributed by atoms with van der Waals surface area (Å²) >= 11 is 0. The minimum Gasteiger partial charge on any atom is -0.479 e. The number of amides is 3. The first-order valence-electron chi connectivity index (χ1n) is 17.4. The van der Waals surface area contributed by atoms with E-state index < -0.39 is 46.9 Å². The van der Waals surface area contributed by atoms with E-state index in [1.165, 1.54) is 0 Å². The number of rotatable bonds is 5. The van der Waals surface area contributed by atoms with Crippen molar-refractivity contribution in [3.8, 4) is 5.69 Å². The highest BCUT2D eigenvalue weighted by Crippen LogP contribution is 2.46. The van der Waals surface area contributed by atoms with E-state index in [0.717, 1.165) is 37.1 Å². The molecule has 3 aliphatic heterocycles. The Morgan fingerprint density at radius 2 is 1.82 bits per heavy atom. The number of fused-ring (bicyclic) bond motifs is 4. The molecule has 0 bridgehead atoms. The van der Waals surface area contributed by atoms with Gasteiger partial charge in [0.05, 0.1) is 12.1 Å². The second kappa shape index (κ2) is 13.4. The lowest BCUT2D eigenvalue weighted by atomic mass is 9.92. The molecule has 1 saturated carbocycles. The normalized spacial score (nSPS) is 29.5. The maximum absolute atomic E-state index is 14.4. The summed E-state index contributed by atoms with van der Waals surface area (Å²) in [7, 11) is 0. The molecule has 1 aromatic heterocycles. The first-order valence-corrected chi connectivity index (χ1v) is 17.4. The molecule has 4 aliphatic rings. The molecule has 0 radical (unpaired) electrons. The molecule has 49 heavy (non-hydrogen) atoms. The molecule has 1 aromatic carbocycles. The summed E-state index contributed by atoms with van der Waals surface area (Å²) in [6, 6.07) is 10.3. The van der Waals surface area contributed by atoms with Crippen LogP contribution in [0, 0.1) is 30.6 Å². The Hall–Kier alpha value is -4.48. The summed E-state index contributed by atoms with van der Waals surface area (Å²) in [6.45, 7) is 7.97. The van der Waals surface area contributed by atoms with Crippen LogP contribution >= 0.6 is 0 Å². The third kappa shape index (κ3) is 7.14. The zero-order chi connectivity index (χ0) is 35.1. The Kier molecular flexibility index (Phi) is 9.43. The number of hydrogen-bond acceptors (Lipinski definition) is 7. The van der Waals surface area contributed by atoms with Gasteiger partial charge in [0.15, 0.2) is 5.69 Å². The third-order valence-electron chi connectivity index (χ3n) is 10.3. The maximum Gasteiger partial charge on any atom is 0.330 e. The molecule has 262 valence electrons. The fourth-order valence-electron chi connectivity index (χ4n) is 7.82. The van der Waals surface area contributed by atoms with Crippen molar-refractivity contribution in [1.29, 1.82) is 0 Å². The highest BCUT2D eigenvalue weighted by atomic mass is 16.6. The Labute approximate surface area is 286 Å². The van der Waals surface area contributed by atoms with Crippen LogP contribution in [-0.2, 0) is 23.9 Å². The monoisotopic (exact) mass is 673 g/mol. The number of benzene rings is 1. The van der Waals surface area contributed by atoms with E-state index in [1.807, 2.05) is 49.4 Å². The molecule has 4 heterocycles. The van der Waals surface area contributed by atoms with Gasteiger partial charge in [-0.1, -0.05) is 43.2 Å². The number of esters is 1. The van der Waals surface area contributed by atoms with Gasteiger partial charge < -0.3 is 25.0 Å². The number of nitrogens with zero attached hydrogens (tertiary/aromatic N) is 4. The standard InChI is InChI=1S/C37H47N5O7/c1-23-17-29(39-42(23)27-15-11-8-12-16-27)34(46)40-20-25-21-41-31(28(25)22-40)32(44)38-37(35(47)48)19-26(37)14-10-7-5-6-9-13-24(33(41)45)18-30(43)49-36(2,3)4/h8,10-12,14-17,24-26,28,31H,5-7,9,13,18-22H2,1-4H3,(H,38,44)(H,47,48)/b14-10-/t24-,25-,26+,28-,31-,37+/m0/s1. The number of carbonyl (C=O) groups is 5. The van der Waals surface area contributed by atoms with E-state index in [9.17, 15) is 29.1 Å². The molecule has 6 atom stereocenters. The number of ether oxygens (including phenoxy) is 1. The Morgan fingerprint density at radius 1 is 1.06 bits per heavy atom. The number of likely N-dealkylation sites (tertiary alicyclic amines) is 1. The lowest BCUT2D eigenvalue weighted by Crippen LogP contribution is -2.56. The van der Waals surface area contributed by atoms with Gasteiger partial charge >= 0.3 is 11.9 Å². The van der Waals surface area contributed by atoms with Gasteiger partial charge in [0, 0.05) is 49.0 Å². The van der Waals surface area contributed by atoms with E-state index >= 15 is 0 Å². The molecule has 12 nitrogen and oxygen atoms in total. The smallest absolute Gasteiger partial charge is 0.330 e. The van der Waals surface area contributed by atoms with Gasteiger partial charge in [0.2, 0.25) is 11.8 Å². The Balaban J connectivity index is 1.27. The predicted octanol–water partition coefficient (Wildman–Crippen LogP) is 3.91. The van der Waals surface area contributed by atoms with Gasteiger partial charge in [-0.25, -0.2) is 9.48 Å². The number of carboxylic acids is 1. The number of hydrogen-bond donors (Lipinski definition) is 2. The van der Waals surface area contributed by atoms with Crippen LogP contribution in [0.25, 0.3) is 5.69 Å². The molecular weight excluding hydrogens is 626 g/mol. The number of para-hydroxylation sites is 1. The fraction of sp³-hybridized carbons (Fsp3) is 0.568. The fourth-order valence-corrected chi connectivity index (χ4v) is 7.82. The highest BCUT2D eigenvalue weighted by Gasteiger charge is 2.62. The van der Waals surface area contributed by atoms with Crippen LogP contribution in [-0.4, -0.2) is 91.2 Å². The number of allylic oxidation sites excluding steroid dienone is 1. The van der Waals surface area contributed by atoms with E-state index in [4.69, 9.17) is 4.74 Å². The van der Waals surface area contributed by atoms with Gasteiger partial charge in [0.1, 0.15) is 17.2 Å². The van der Waals surface area contributed by atoms with Crippen LogP contribution in [0.15, 0.2) is 48.6 Å².